The number of carbonyl (C=O) groups excluding carboxylic acids is 1. The highest BCUT2D eigenvalue weighted by Gasteiger charge is 1.84. The van der Waals surface area contributed by atoms with Gasteiger partial charge in [-0.15, -0.1) is 23.2 Å². The Morgan fingerprint density at radius 1 is 1.36 bits per heavy atom. The van der Waals surface area contributed by atoms with Crippen molar-refractivity contribution >= 4 is 29.3 Å². The van der Waals surface area contributed by atoms with Crippen LogP contribution in [0.2, 0.25) is 0 Å². The molecule has 0 N–H and O–H groups in total. The van der Waals surface area contributed by atoms with Crippen molar-refractivity contribution in [2.24, 2.45) is 4.99 Å². The van der Waals surface area contributed by atoms with E-state index < -0.39 is 0 Å². The molecule has 0 fully saturated rings. The van der Waals surface area contributed by atoms with Crippen LogP contribution in [0.4, 0.5) is 0 Å². The highest BCUT2D eigenvalue weighted by atomic mass is 35.5. The minimum absolute atomic E-state index is 0.222. The lowest BCUT2D eigenvalue weighted by Gasteiger charge is -1.89. The summed E-state index contributed by atoms with van der Waals surface area (Å²) in [4.78, 5) is 12.9. The number of rotatable bonds is 2. The molecule has 4 heteroatoms. The van der Waals surface area contributed by atoms with E-state index in [4.69, 9.17) is 23.2 Å². The van der Waals surface area contributed by atoms with E-state index in [0.717, 1.165) is 5.56 Å². The van der Waals surface area contributed by atoms with Crippen molar-refractivity contribution in [3.63, 3.8) is 0 Å². The Labute approximate surface area is 93.6 Å². The van der Waals surface area contributed by atoms with Gasteiger partial charge in [-0.05, 0) is 12.5 Å². The van der Waals surface area contributed by atoms with Gasteiger partial charge >= 0.3 is 0 Å². The Morgan fingerprint density at radius 2 is 1.86 bits per heavy atom. The van der Waals surface area contributed by atoms with Crippen molar-refractivity contribution in [1.29, 1.82) is 0 Å². The normalized spacial score (nSPS) is 8.57. The lowest BCUT2D eigenvalue weighted by atomic mass is 10.2. The smallest absolute Gasteiger partial charge is 0.211 e. The molecular formula is C10H11Cl2NO. The summed E-state index contributed by atoms with van der Waals surface area (Å²) in [5, 5.41) is 0. The third kappa shape index (κ3) is 9.27. The molecule has 0 saturated heterocycles. The van der Waals surface area contributed by atoms with Crippen molar-refractivity contribution in [2.75, 3.05) is 0 Å². The first-order valence-corrected chi connectivity index (χ1v) is 4.89. The van der Waals surface area contributed by atoms with E-state index in [1.54, 1.807) is 6.92 Å². The monoisotopic (exact) mass is 231 g/mol. The van der Waals surface area contributed by atoms with Crippen LogP contribution in [0.5, 0.6) is 0 Å². The molecule has 0 unspecified atom stereocenters. The first-order chi connectivity index (χ1) is 6.66. The molecule has 0 aliphatic heterocycles. The number of halogens is 2. The van der Waals surface area contributed by atoms with Crippen LogP contribution in [-0.4, -0.2) is 10.9 Å². The van der Waals surface area contributed by atoms with E-state index in [1.165, 1.54) is 6.08 Å². The average Bonchev–Trinajstić information content (AvgIpc) is 2.15. The highest BCUT2D eigenvalue weighted by molar-refractivity contribution is 6.43. The van der Waals surface area contributed by atoms with E-state index >= 15 is 0 Å². The first kappa shape index (κ1) is 13.2. The minimum Gasteiger partial charge on any atom is -0.211 e. The average molecular weight is 232 g/mol. The molecule has 0 aromatic heterocycles. The summed E-state index contributed by atoms with van der Waals surface area (Å²) in [6.45, 7) is 2.13. The molecule has 2 nitrogen and oxygen atoms in total. The summed E-state index contributed by atoms with van der Waals surface area (Å²) >= 11 is 10.1. The quantitative estimate of drug-likeness (QED) is 0.437. The summed E-state index contributed by atoms with van der Waals surface area (Å²) in [6.07, 6.45) is 1.49. The van der Waals surface area contributed by atoms with Gasteiger partial charge in [-0.1, -0.05) is 30.3 Å². The molecule has 0 aliphatic carbocycles. The van der Waals surface area contributed by atoms with E-state index in [1.807, 2.05) is 30.3 Å². The molecular weight excluding hydrogens is 221 g/mol. The van der Waals surface area contributed by atoms with Crippen molar-refractivity contribution in [3.05, 3.63) is 35.9 Å². The third-order valence-electron chi connectivity index (χ3n) is 1.17. The van der Waals surface area contributed by atoms with E-state index in [9.17, 15) is 4.79 Å². The SMILES string of the molecule is CC(Cl)Cl.O=C=NCc1ccccc1. The van der Waals surface area contributed by atoms with Crippen LogP contribution in [0, 0.1) is 0 Å². The molecule has 0 aliphatic rings. The molecule has 0 radical (unpaired) electrons. The number of hydrogen-bond donors (Lipinski definition) is 0. The molecule has 0 bridgehead atoms. The molecule has 1 rings (SSSR count). The molecule has 14 heavy (non-hydrogen) atoms. The van der Waals surface area contributed by atoms with Gasteiger partial charge in [-0.25, -0.2) is 9.79 Å². The molecule has 0 amide bonds. The number of nitrogens with zero attached hydrogens (tertiary/aromatic N) is 1. The van der Waals surface area contributed by atoms with Crippen molar-refractivity contribution in [1.82, 2.24) is 0 Å². The maximum Gasteiger partial charge on any atom is 0.235 e. The molecule has 0 saturated carbocycles. The van der Waals surface area contributed by atoms with Gasteiger partial charge in [0.2, 0.25) is 6.08 Å². The molecule has 1 aromatic carbocycles. The Bertz CT molecular complexity index is 279. The van der Waals surface area contributed by atoms with Crippen LogP contribution < -0.4 is 0 Å². The number of alkyl halides is 2. The van der Waals surface area contributed by atoms with Crippen LogP contribution in [0.25, 0.3) is 0 Å². The minimum atomic E-state index is -0.222. The standard InChI is InChI=1S/C8H7NO.C2H4Cl2/c10-7-9-6-8-4-2-1-3-5-8;1-2(3)4/h1-5H,6H2;2H,1H3. The number of isocyanates is 1. The number of aliphatic imine (C=N–C) groups is 1. The molecule has 0 atom stereocenters. The van der Waals surface area contributed by atoms with Gasteiger partial charge in [-0.2, -0.15) is 0 Å². The maximum absolute atomic E-state index is 9.69. The van der Waals surface area contributed by atoms with Crippen LogP contribution in [-0.2, 0) is 11.3 Å². The summed E-state index contributed by atoms with van der Waals surface area (Å²) in [7, 11) is 0. The molecule has 1 aromatic rings. The Kier molecular flexibility index (Phi) is 8.25. The lowest BCUT2D eigenvalue weighted by molar-refractivity contribution is 0.563. The van der Waals surface area contributed by atoms with Crippen molar-refractivity contribution in [2.45, 2.75) is 18.3 Å². The van der Waals surface area contributed by atoms with Gasteiger partial charge in [0.25, 0.3) is 0 Å². The second-order valence-corrected chi connectivity index (χ2v) is 3.94. The first-order valence-electron chi connectivity index (χ1n) is 4.02. The van der Waals surface area contributed by atoms with Crippen LogP contribution in [0.15, 0.2) is 35.3 Å². The fraction of sp³-hybridized carbons (Fsp3) is 0.300. The van der Waals surface area contributed by atoms with Gasteiger partial charge in [0.05, 0.1) is 6.54 Å². The molecule has 0 spiro atoms. The lowest BCUT2D eigenvalue weighted by Crippen LogP contribution is -1.77. The summed E-state index contributed by atoms with van der Waals surface area (Å²) in [5.74, 6) is 0. The zero-order valence-corrected chi connectivity index (χ0v) is 9.29. The fourth-order valence-electron chi connectivity index (χ4n) is 0.707. The van der Waals surface area contributed by atoms with Crippen LogP contribution >= 0.6 is 23.2 Å². The summed E-state index contributed by atoms with van der Waals surface area (Å²) in [5.41, 5.74) is 1.03. The van der Waals surface area contributed by atoms with E-state index in [2.05, 4.69) is 4.99 Å². The number of hydrogen-bond acceptors (Lipinski definition) is 2. The predicted octanol–water partition coefficient (Wildman–Crippen LogP) is 3.33. The molecule has 0 heterocycles. The second-order valence-electron chi connectivity index (χ2n) is 2.41. The van der Waals surface area contributed by atoms with Crippen LogP contribution in [0.3, 0.4) is 0 Å². The Balaban J connectivity index is 0.000000364. The van der Waals surface area contributed by atoms with Gasteiger partial charge in [0.1, 0.15) is 4.84 Å². The van der Waals surface area contributed by atoms with Crippen molar-refractivity contribution < 1.29 is 4.79 Å². The highest BCUT2D eigenvalue weighted by Crippen LogP contribution is 1.98. The van der Waals surface area contributed by atoms with Gasteiger partial charge in [0.15, 0.2) is 0 Å². The maximum atomic E-state index is 9.69. The Hall–Kier alpha value is -0.820. The van der Waals surface area contributed by atoms with Gasteiger partial charge < -0.3 is 0 Å². The van der Waals surface area contributed by atoms with E-state index in [-0.39, 0.29) is 4.84 Å². The fourth-order valence-corrected chi connectivity index (χ4v) is 0.707. The summed E-state index contributed by atoms with van der Waals surface area (Å²) < 4.78 is 0. The zero-order valence-electron chi connectivity index (χ0n) is 7.78. The summed E-state index contributed by atoms with van der Waals surface area (Å²) in [6, 6.07) is 9.58. The Morgan fingerprint density at radius 3 is 2.29 bits per heavy atom. The number of benzene rings is 1. The largest absolute Gasteiger partial charge is 0.235 e. The van der Waals surface area contributed by atoms with Gasteiger partial charge in [0, 0.05) is 0 Å². The van der Waals surface area contributed by atoms with Crippen molar-refractivity contribution in [3.8, 4) is 0 Å². The zero-order chi connectivity index (χ0) is 10.8. The second kappa shape index (κ2) is 8.76. The molecule has 76 valence electrons. The van der Waals surface area contributed by atoms with Crippen LogP contribution in [0.1, 0.15) is 12.5 Å². The van der Waals surface area contributed by atoms with E-state index in [0.29, 0.717) is 6.54 Å². The third-order valence-corrected chi connectivity index (χ3v) is 1.17. The topological polar surface area (TPSA) is 29.4 Å². The predicted molar refractivity (Wildman–Crippen MR) is 59.4 cm³/mol. The van der Waals surface area contributed by atoms with Gasteiger partial charge in [-0.3, -0.25) is 0 Å².